The summed E-state index contributed by atoms with van der Waals surface area (Å²) in [5.41, 5.74) is 2.22. The van der Waals surface area contributed by atoms with Gasteiger partial charge in [-0.25, -0.2) is 0 Å². The first-order valence-electron chi connectivity index (χ1n) is 7.93. The molecule has 0 saturated carbocycles. The highest BCUT2D eigenvalue weighted by atomic mass is 16.5. The molecule has 0 saturated heterocycles. The van der Waals surface area contributed by atoms with Gasteiger partial charge >= 0.3 is 0 Å². The molecule has 1 amide bonds. The third-order valence-corrected chi connectivity index (χ3v) is 4.12. The fourth-order valence-electron chi connectivity index (χ4n) is 2.89. The third kappa shape index (κ3) is 3.16. The summed E-state index contributed by atoms with van der Waals surface area (Å²) in [4.78, 5) is 14.7. The van der Waals surface area contributed by atoms with Gasteiger partial charge < -0.3 is 14.4 Å². The van der Waals surface area contributed by atoms with Crippen LogP contribution in [0.25, 0.3) is 0 Å². The van der Waals surface area contributed by atoms with Crippen molar-refractivity contribution >= 4 is 11.6 Å². The number of nitrogens with zero attached hydrogens (tertiary/aromatic N) is 1. The van der Waals surface area contributed by atoms with Crippen molar-refractivity contribution < 1.29 is 14.3 Å². The fourth-order valence-corrected chi connectivity index (χ4v) is 2.89. The van der Waals surface area contributed by atoms with Gasteiger partial charge in [0.15, 0.2) is 6.10 Å². The molecule has 0 bridgehead atoms. The van der Waals surface area contributed by atoms with E-state index in [1.807, 2.05) is 48.2 Å². The zero-order valence-electron chi connectivity index (χ0n) is 13.5. The van der Waals surface area contributed by atoms with E-state index in [2.05, 4.69) is 6.07 Å². The van der Waals surface area contributed by atoms with Crippen LogP contribution in [0.5, 0.6) is 11.5 Å². The Morgan fingerprint density at radius 3 is 2.74 bits per heavy atom. The van der Waals surface area contributed by atoms with Gasteiger partial charge in [0.05, 0.1) is 7.11 Å². The third-order valence-electron chi connectivity index (χ3n) is 4.12. The molecular formula is C19H21NO3. The normalized spacial score (nSPS) is 14.3. The summed E-state index contributed by atoms with van der Waals surface area (Å²) in [6.45, 7) is 2.68. The van der Waals surface area contributed by atoms with Crippen LogP contribution in [-0.2, 0) is 11.2 Å². The minimum Gasteiger partial charge on any atom is -0.497 e. The highest BCUT2D eigenvalue weighted by molar-refractivity contribution is 5.98. The van der Waals surface area contributed by atoms with E-state index in [1.54, 1.807) is 13.2 Å². The molecule has 0 spiro atoms. The molecule has 120 valence electrons. The number of rotatable bonds is 5. The molecule has 3 rings (SSSR count). The SMILES string of the molecule is CCC(Oc1cccc(OC)c1)C(=O)N1CCc2ccccc21. The second-order valence-corrected chi connectivity index (χ2v) is 5.56. The molecular weight excluding hydrogens is 290 g/mol. The van der Waals surface area contributed by atoms with Gasteiger partial charge in [0.2, 0.25) is 0 Å². The number of methoxy groups -OCH3 is 1. The number of ether oxygens (including phenoxy) is 2. The van der Waals surface area contributed by atoms with E-state index in [-0.39, 0.29) is 5.91 Å². The lowest BCUT2D eigenvalue weighted by Gasteiger charge is -2.24. The second kappa shape index (κ2) is 6.73. The zero-order chi connectivity index (χ0) is 16.2. The van der Waals surface area contributed by atoms with E-state index < -0.39 is 6.10 Å². The number of hydrogen-bond donors (Lipinski definition) is 0. The van der Waals surface area contributed by atoms with Crippen molar-refractivity contribution in [2.45, 2.75) is 25.9 Å². The highest BCUT2D eigenvalue weighted by Crippen LogP contribution is 2.29. The average molecular weight is 311 g/mol. The molecule has 0 aromatic heterocycles. The summed E-state index contributed by atoms with van der Waals surface area (Å²) < 4.78 is 11.1. The Morgan fingerprint density at radius 1 is 1.17 bits per heavy atom. The van der Waals surface area contributed by atoms with E-state index in [9.17, 15) is 4.79 Å². The minimum atomic E-state index is -0.492. The van der Waals surface area contributed by atoms with Crippen LogP contribution in [0.2, 0.25) is 0 Å². The lowest BCUT2D eigenvalue weighted by atomic mass is 10.2. The van der Waals surface area contributed by atoms with Gasteiger partial charge in [-0.2, -0.15) is 0 Å². The maximum absolute atomic E-state index is 12.9. The molecule has 1 aliphatic rings. The fraction of sp³-hybridized carbons (Fsp3) is 0.316. The maximum atomic E-state index is 12.9. The van der Waals surface area contributed by atoms with Crippen LogP contribution < -0.4 is 14.4 Å². The summed E-state index contributed by atoms with van der Waals surface area (Å²) >= 11 is 0. The molecule has 1 unspecified atom stereocenters. The van der Waals surface area contributed by atoms with E-state index in [0.29, 0.717) is 12.2 Å². The summed E-state index contributed by atoms with van der Waals surface area (Å²) in [5.74, 6) is 1.38. The van der Waals surface area contributed by atoms with Crippen molar-refractivity contribution in [2.24, 2.45) is 0 Å². The van der Waals surface area contributed by atoms with Gasteiger partial charge in [-0.15, -0.1) is 0 Å². The Balaban J connectivity index is 1.77. The molecule has 0 fully saturated rings. The van der Waals surface area contributed by atoms with Crippen LogP contribution in [0.4, 0.5) is 5.69 Å². The van der Waals surface area contributed by atoms with Crippen LogP contribution in [0, 0.1) is 0 Å². The lowest BCUT2D eigenvalue weighted by Crippen LogP contribution is -2.41. The predicted molar refractivity (Wildman–Crippen MR) is 90.2 cm³/mol. The van der Waals surface area contributed by atoms with Gasteiger partial charge in [0.1, 0.15) is 11.5 Å². The van der Waals surface area contributed by atoms with Crippen molar-refractivity contribution in [1.29, 1.82) is 0 Å². The largest absolute Gasteiger partial charge is 0.497 e. The van der Waals surface area contributed by atoms with Gasteiger partial charge in [-0.3, -0.25) is 4.79 Å². The Kier molecular flexibility index (Phi) is 4.51. The molecule has 0 N–H and O–H groups in total. The average Bonchev–Trinajstić information content (AvgIpc) is 3.03. The number of carbonyl (C=O) groups excluding carboxylic acids is 1. The Bertz CT molecular complexity index is 699. The van der Waals surface area contributed by atoms with Gasteiger partial charge in [-0.05, 0) is 36.6 Å². The van der Waals surface area contributed by atoms with Gasteiger partial charge in [0.25, 0.3) is 5.91 Å². The van der Waals surface area contributed by atoms with Crippen molar-refractivity contribution in [3.8, 4) is 11.5 Å². The summed E-state index contributed by atoms with van der Waals surface area (Å²) in [5, 5.41) is 0. The van der Waals surface area contributed by atoms with Crippen LogP contribution in [0.15, 0.2) is 48.5 Å². The topological polar surface area (TPSA) is 38.8 Å². The first kappa shape index (κ1) is 15.4. The smallest absolute Gasteiger partial charge is 0.268 e. The number of hydrogen-bond acceptors (Lipinski definition) is 3. The first-order chi connectivity index (χ1) is 11.2. The number of fused-ring (bicyclic) bond motifs is 1. The summed E-state index contributed by atoms with van der Waals surface area (Å²) in [7, 11) is 1.61. The molecule has 4 nitrogen and oxygen atoms in total. The molecule has 0 radical (unpaired) electrons. The Morgan fingerprint density at radius 2 is 1.96 bits per heavy atom. The molecule has 0 aliphatic carbocycles. The number of benzene rings is 2. The number of carbonyl (C=O) groups is 1. The molecule has 1 atom stereocenters. The Hall–Kier alpha value is -2.49. The molecule has 1 heterocycles. The molecule has 2 aromatic carbocycles. The molecule has 1 aliphatic heterocycles. The summed E-state index contributed by atoms with van der Waals surface area (Å²) in [6, 6.07) is 15.4. The minimum absolute atomic E-state index is 0.0141. The van der Waals surface area contributed by atoms with E-state index in [0.717, 1.165) is 24.4 Å². The lowest BCUT2D eigenvalue weighted by molar-refractivity contribution is -0.125. The summed E-state index contributed by atoms with van der Waals surface area (Å²) in [6.07, 6.45) is 1.03. The van der Waals surface area contributed by atoms with E-state index in [4.69, 9.17) is 9.47 Å². The van der Waals surface area contributed by atoms with Crippen molar-refractivity contribution in [3.63, 3.8) is 0 Å². The standard InChI is InChI=1S/C19H21NO3/c1-3-18(23-16-9-6-8-15(13-16)22-2)19(21)20-12-11-14-7-4-5-10-17(14)20/h4-10,13,18H,3,11-12H2,1-2H3. The van der Waals surface area contributed by atoms with Gasteiger partial charge in [0, 0.05) is 18.3 Å². The number of amides is 1. The van der Waals surface area contributed by atoms with Crippen molar-refractivity contribution in [2.75, 3.05) is 18.6 Å². The van der Waals surface area contributed by atoms with Crippen molar-refractivity contribution in [1.82, 2.24) is 0 Å². The van der Waals surface area contributed by atoms with E-state index >= 15 is 0 Å². The quantitative estimate of drug-likeness (QED) is 0.849. The van der Waals surface area contributed by atoms with Gasteiger partial charge in [-0.1, -0.05) is 31.2 Å². The van der Waals surface area contributed by atoms with E-state index in [1.165, 1.54) is 5.56 Å². The molecule has 23 heavy (non-hydrogen) atoms. The van der Waals surface area contributed by atoms with Crippen LogP contribution in [0.3, 0.4) is 0 Å². The number of para-hydroxylation sites is 1. The molecule has 2 aromatic rings. The zero-order valence-corrected chi connectivity index (χ0v) is 13.5. The predicted octanol–water partition coefficient (Wildman–Crippen LogP) is 3.44. The van der Waals surface area contributed by atoms with Crippen molar-refractivity contribution in [3.05, 3.63) is 54.1 Å². The number of anilines is 1. The van der Waals surface area contributed by atoms with Crippen LogP contribution in [-0.4, -0.2) is 25.7 Å². The van der Waals surface area contributed by atoms with Crippen LogP contribution in [0.1, 0.15) is 18.9 Å². The van der Waals surface area contributed by atoms with Crippen LogP contribution >= 0.6 is 0 Å². The maximum Gasteiger partial charge on any atom is 0.268 e. The Labute approximate surface area is 136 Å². The highest BCUT2D eigenvalue weighted by Gasteiger charge is 2.30. The monoisotopic (exact) mass is 311 g/mol. The first-order valence-corrected chi connectivity index (χ1v) is 7.93. The molecule has 4 heteroatoms. The second-order valence-electron chi connectivity index (χ2n) is 5.56.